The lowest BCUT2D eigenvalue weighted by Gasteiger charge is -2.73. The third kappa shape index (κ3) is 9.24. The van der Waals surface area contributed by atoms with Crippen molar-refractivity contribution in [2.24, 2.45) is 56.2 Å². The van der Waals surface area contributed by atoms with E-state index in [0.717, 1.165) is 11.1 Å². The first kappa shape index (κ1) is 57.8. The van der Waals surface area contributed by atoms with E-state index in [0.29, 0.717) is 44.9 Å². The maximum absolute atomic E-state index is 14.0. The van der Waals surface area contributed by atoms with E-state index in [1.54, 1.807) is 13.0 Å². The lowest BCUT2D eigenvalue weighted by Crippen LogP contribution is -2.76. The molecule has 0 aromatic heterocycles. The minimum Gasteiger partial charge on any atom is -0.479 e. The fourth-order valence-electron chi connectivity index (χ4n) is 15.6. The number of carboxylic acids is 1. The number of aliphatic carboxylic acids is 1. The highest BCUT2D eigenvalue weighted by Crippen LogP contribution is 2.76. The lowest BCUT2D eigenvalue weighted by molar-refractivity contribution is -0.374. The summed E-state index contributed by atoms with van der Waals surface area (Å²) in [4.78, 5) is 40.1. The molecule has 2 saturated heterocycles. The molecule has 23 atom stereocenters. The Balaban J connectivity index is 1.11. The number of esters is 2. The van der Waals surface area contributed by atoms with Gasteiger partial charge in [-0.05, 0) is 90.6 Å². The first-order valence-corrected chi connectivity index (χ1v) is 26.8. The molecular formula is C56H82O19. The second-order valence-corrected chi connectivity index (χ2v) is 24.9. The summed E-state index contributed by atoms with van der Waals surface area (Å²) in [6, 6.07) is 9.21. The number of carbonyl (C=O) groups excluding carboxylic acids is 2. The molecule has 1 aromatic rings. The summed E-state index contributed by atoms with van der Waals surface area (Å²) in [5.41, 5.74) is -3.84. The third-order valence-electron chi connectivity index (χ3n) is 20.3. The summed E-state index contributed by atoms with van der Waals surface area (Å²) in [5, 5.41) is 112. The van der Waals surface area contributed by atoms with Crippen LogP contribution in [0.5, 0.6) is 0 Å². The number of hydrogen-bond donors (Lipinski definition) is 10. The van der Waals surface area contributed by atoms with Gasteiger partial charge in [0.2, 0.25) is 0 Å². The van der Waals surface area contributed by atoms with E-state index in [4.69, 9.17) is 28.4 Å². The SMILES string of the molecule is CC[C@@H](C)C(=O)O[C@H]1[C@H](OC(=O)/C=C/c2ccccc2)C(C)(C)C[C@H]2C3=CC[C@@H]4[C@@]5(C)CC[C@H](O[C@@H]6O[C@H](C(=O)O)[C@@H](O)[C@H](O)[C@H]6O[C@@H]6O[C@H](CO)[C@@H](O)[C@H](O)[C@H]6O)C(C)(C)[C@@H]5CC[C@@]4(C)[C@]3(C)[C@@H](O)[C@@H](O)[C@]21CO. The van der Waals surface area contributed by atoms with E-state index in [1.807, 2.05) is 71.9 Å². The minimum atomic E-state index is -2.02. The zero-order valence-corrected chi connectivity index (χ0v) is 44.6. The number of carboxylic acid groups (broad SMARTS) is 1. The number of aliphatic hydroxyl groups is 9. The number of ether oxygens (including phenoxy) is 6. The fourth-order valence-corrected chi connectivity index (χ4v) is 15.6. The summed E-state index contributed by atoms with van der Waals surface area (Å²) in [6.45, 7) is 16.5. The zero-order valence-electron chi connectivity index (χ0n) is 44.6. The predicted octanol–water partition coefficient (Wildman–Crippen LogP) is 2.63. The molecule has 2 aliphatic heterocycles. The van der Waals surface area contributed by atoms with Gasteiger partial charge in [-0.2, -0.15) is 0 Å². The Bertz CT molecular complexity index is 2300. The van der Waals surface area contributed by atoms with Crippen LogP contribution in [0.25, 0.3) is 6.08 Å². The Morgan fingerprint density at radius 2 is 1.45 bits per heavy atom. The Labute approximate surface area is 438 Å². The number of rotatable bonds is 13. The van der Waals surface area contributed by atoms with Crippen LogP contribution < -0.4 is 0 Å². The maximum Gasteiger partial charge on any atom is 0.335 e. The molecule has 75 heavy (non-hydrogen) atoms. The molecule has 6 fully saturated rings. The van der Waals surface area contributed by atoms with E-state index >= 15 is 0 Å². The molecule has 19 heteroatoms. The quantitative estimate of drug-likeness (QED) is 0.0588. The molecule has 10 N–H and O–H groups in total. The second-order valence-electron chi connectivity index (χ2n) is 24.9. The van der Waals surface area contributed by atoms with Crippen molar-refractivity contribution in [1.29, 1.82) is 0 Å². The molecule has 0 amide bonds. The molecule has 0 bridgehead atoms. The van der Waals surface area contributed by atoms with E-state index in [9.17, 15) is 65.4 Å². The number of carbonyl (C=O) groups is 3. The molecule has 0 spiro atoms. The van der Waals surface area contributed by atoms with Crippen LogP contribution >= 0.6 is 0 Å². The molecule has 0 unspecified atom stereocenters. The first-order chi connectivity index (χ1) is 35.1. The largest absolute Gasteiger partial charge is 0.479 e. The summed E-state index contributed by atoms with van der Waals surface area (Å²) >= 11 is 0. The van der Waals surface area contributed by atoms with Crippen LogP contribution in [0, 0.1) is 56.2 Å². The zero-order chi connectivity index (χ0) is 55.1. The van der Waals surface area contributed by atoms with Crippen LogP contribution in [-0.2, 0) is 42.8 Å². The van der Waals surface area contributed by atoms with Gasteiger partial charge in [0, 0.05) is 16.9 Å². The highest BCUT2D eigenvalue weighted by atomic mass is 16.8. The molecule has 7 aliphatic rings. The highest BCUT2D eigenvalue weighted by molar-refractivity contribution is 5.87. The van der Waals surface area contributed by atoms with Crippen molar-refractivity contribution >= 4 is 24.0 Å². The van der Waals surface area contributed by atoms with Gasteiger partial charge in [0.25, 0.3) is 0 Å². The number of allylic oxidation sites excluding steroid dienone is 1. The number of aliphatic hydroxyl groups excluding tert-OH is 9. The Kier molecular flexibility index (Phi) is 16.2. The van der Waals surface area contributed by atoms with Gasteiger partial charge in [0.05, 0.1) is 42.9 Å². The topological polar surface area (TPSA) is 309 Å². The average molecular weight is 1060 g/mol. The lowest BCUT2D eigenvalue weighted by atomic mass is 9.32. The average Bonchev–Trinajstić information content (AvgIpc) is 3.36. The second kappa shape index (κ2) is 21.0. The molecule has 1 aromatic carbocycles. The fraction of sp³-hybridized carbons (Fsp3) is 0.768. The molecule has 8 rings (SSSR count). The normalized spacial score (nSPS) is 46.5. The molecule has 2 heterocycles. The van der Waals surface area contributed by atoms with Gasteiger partial charge in [-0.25, -0.2) is 9.59 Å². The van der Waals surface area contributed by atoms with Crippen LogP contribution in [0.1, 0.15) is 113 Å². The van der Waals surface area contributed by atoms with Gasteiger partial charge < -0.3 is 79.5 Å². The Morgan fingerprint density at radius 3 is 2.08 bits per heavy atom. The summed E-state index contributed by atoms with van der Waals surface area (Å²) in [6.07, 6.45) is -15.6. The maximum atomic E-state index is 14.0. The minimum absolute atomic E-state index is 0.0777. The van der Waals surface area contributed by atoms with Crippen molar-refractivity contribution in [2.75, 3.05) is 13.2 Å². The van der Waals surface area contributed by atoms with Crippen molar-refractivity contribution in [2.45, 2.75) is 199 Å². The van der Waals surface area contributed by atoms with E-state index in [1.165, 1.54) is 6.08 Å². The van der Waals surface area contributed by atoms with Gasteiger partial charge >= 0.3 is 17.9 Å². The van der Waals surface area contributed by atoms with Gasteiger partial charge in [0.1, 0.15) is 48.8 Å². The van der Waals surface area contributed by atoms with Crippen LogP contribution in [0.3, 0.4) is 0 Å². The smallest absolute Gasteiger partial charge is 0.335 e. The summed E-state index contributed by atoms with van der Waals surface area (Å²) < 4.78 is 36.8. The molecule has 4 saturated carbocycles. The molecule has 19 nitrogen and oxygen atoms in total. The van der Waals surface area contributed by atoms with Crippen molar-refractivity contribution in [3.8, 4) is 0 Å². The van der Waals surface area contributed by atoms with E-state index in [-0.39, 0.29) is 11.8 Å². The molecular weight excluding hydrogens is 977 g/mol. The van der Waals surface area contributed by atoms with Crippen LogP contribution in [-0.4, -0.2) is 174 Å². The number of fused-ring (bicyclic) bond motifs is 7. The molecule has 0 radical (unpaired) electrons. The summed E-state index contributed by atoms with van der Waals surface area (Å²) in [7, 11) is 0. The monoisotopic (exact) mass is 1060 g/mol. The van der Waals surface area contributed by atoms with Crippen LogP contribution in [0.4, 0.5) is 0 Å². The number of benzene rings is 1. The standard InChI is InChI=1S/C56H82O19/c1-10-27(2)48(69)75-46-45(72-35(59)19-16-28-14-12-11-13-15-28)51(3,4)24-30-29-17-18-33-53(7)22-21-34(52(5,6)32(53)20-23-54(33,8)55(29,9)43(65)44(66)56(30,46)26-58)71-50-42(39(63)38(62)41(73-50)47(67)68)74-49-40(64)37(61)36(60)31(25-57)70-49/h11-17,19,27,30-34,36-46,49-50,57-58,60-66H,10,18,20-26H2,1-9H3,(H,67,68)/b19-16+/t27-,30+,31-,32+,33-,34+,36-,37+,38+,39+,40-,41+,42-,43+,44-,45+,46+,49+,50-,53+,54-,55+,56+/m1/s1. The van der Waals surface area contributed by atoms with Crippen LogP contribution in [0.2, 0.25) is 0 Å². The van der Waals surface area contributed by atoms with E-state index in [2.05, 4.69) is 19.9 Å². The van der Waals surface area contributed by atoms with Crippen molar-refractivity contribution < 1.29 is 93.9 Å². The third-order valence-corrected chi connectivity index (χ3v) is 20.3. The van der Waals surface area contributed by atoms with Gasteiger partial charge in [-0.3, -0.25) is 4.79 Å². The number of hydrogen-bond acceptors (Lipinski definition) is 18. The molecule has 5 aliphatic carbocycles. The molecule has 420 valence electrons. The first-order valence-electron chi connectivity index (χ1n) is 26.8. The Hall–Kier alpha value is -3.41. The van der Waals surface area contributed by atoms with Gasteiger partial charge in [-0.1, -0.05) is 104 Å². The van der Waals surface area contributed by atoms with Gasteiger partial charge in [-0.15, -0.1) is 0 Å². The Morgan fingerprint density at radius 1 is 0.773 bits per heavy atom. The van der Waals surface area contributed by atoms with Crippen LogP contribution in [0.15, 0.2) is 48.1 Å². The highest BCUT2D eigenvalue weighted by Gasteiger charge is 2.76. The van der Waals surface area contributed by atoms with E-state index < -0.39 is 167 Å². The van der Waals surface area contributed by atoms with Gasteiger partial charge in [0.15, 0.2) is 24.8 Å². The van der Waals surface area contributed by atoms with Crippen molar-refractivity contribution in [1.82, 2.24) is 0 Å². The summed E-state index contributed by atoms with van der Waals surface area (Å²) in [5.74, 6) is -4.23. The predicted molar refractivity (Wildman–Crippen MR) is 266 cm³/mol. The van der Waals surface area contributed by atoms with Crippen molar-refractivity contribution in [3.05, 3.63) is 53.6 Å². The van der Waals surface area contributed by atoms with Crippen molar-refractivity contribution in [3.63, 3.8) is 0 Å².